The summed E-state index contributed by atoms with van der Waals surface area (Å²) in [5, 5.41) is 15.0. The zero-order valence-corrected chi connectivity index (χ0v) is 17.1. The third-order valence-electron chi connectivity index (χ3n) is 4.64. The fraction of sp³-hybridized carbons (Fsp3) is 0.167. The molecule has 0 aromatic heterocycles. The third kappa shape index (κ3) is 4.89. The number of hydrogen-bond donors (Lipinski definition) is 2. The highest BCUT2D eigenvalue weighted by molar-refractivity contribution is 5.96. The van der Waals surface area contributed by atoms with E-state index in [1.807, 2.05) is 42.5 Å². The number of nitriles is 1. The average molecular weight is 401 g/mol. The summed E-state index contributed by atoms with van der Waals surface area (Å²) in [4.78, 5) is 12.6. The molecule has 1 atom stereocenters. The SMILES string of the molecule is COc1ccc(-c2cc(NC(C)C(=O)Nc3cccc(C#N)c3)ccc2OC)cc1. The van der Waals surface area contributed by atoms with Crippen LogP contribution in [0.25, 0.3) is 11.1 Å². The average Bonchev–Trinajstić information content (AvgIpc) is 2.79. The Balaban J connectivity index is 1.76. The fourth-order valence-corrected chi connectivity index (χ4v) is 3.03. The number of benzene rings is 3. The molecule has 0 spiro atoms. The van der Waals surface area contributed by atoms with Crippen LogP contribution in [0.3, 0.4) is 0 Å². The van der Waals surface area contributed by atoms with E-state index < -0.39 is 6.04 Å². The first-order valence-corrected chi connectivity index (χ1v) is 9.44. The summed E-state index contributed by atoms with van der Waals surface area (Å²) in [6.45, 7) is 1.78. The summed E-state index contributed by atoms with van der Waals surface area (Å²) in [5.74, 6) is 1.31. The van der Waals surface area contributed by atoms with Crippen LogP contribution in [-0.4, -0.2) is 26.2 Å². The van der Waals surface area contributed by atoms with Crippen LogP contribution in [0, 0.1) is 11.3 Å². The van der Waals surface area contributed by atoms with Crippen molar-refractivity contribution in [1.29, 1.82) is 5.26 Å². The van der Waals surface area contributed by atoms with E-state index >= 15 is 0 Å². The lowest BCUT2D eigenvalue weighted by Crippen LogP contribution is -2.31. The molecule has 3 aromatic carbocycles. The molecule has 0 aliphatic carbocycles. The van der Waals surface area contributed by atoms with Gasteiger partial charge in [0.25, 0.3) is 0 Å². The van der Waals surface area contributed by atoms with Gasteiger partial charge in [-0.3, -0.25) is 4.79 Å². The number of carbonyl (C=O) groups is 1. The first kappa shape index (κ1) is 20.7. The molecule has 152 valence electrons. The molecule has 2 N–H and O–H groups in total. The molecule has 1 unspecified atom stereocenters. The predicted molar refractivity (Wildman–Crippen MR) is 118 cm³/mol. The van der Waals surface area contributed by atoms with Gasteiger partial charge in [0.2, 0.25) is 5.91 Å². The van der Waals surface area contributed by atoms with Crippen LogP contribution in [0.2, 0.25) is 0 Å². The highest BCUT2D eigenvalue weighted by Crippen LogP contribution is 2.33. The van der Waals surface area contributed by atoms with Crippen molar-refractivity contribution in [3.8, 4) is 28.7 Å². The largest absolute Gasteiger partial charge is 0.497 e. The molecular formula is C24H23N3O3. The van der Waals surface area contributed by atoms with Crippen molar-refractivity contribution >= 4 is 17.3 Å². The van der Waals surface area contributed by atoms with Gasteiger partial charge in [0.15, 0.2) is 0 Å². The summed E-state index contributed by atoms with van der Waals surface area (Å²) in [6.07, 6.45) is 0. The normalized spacial score (nSPS) is 11.1. The summed E-state index contributed by atoms with van der Waals surface area (Å²) in [7, 11) is 3.25. The number of carbonyl (C=O) groups excluding carboxylic acids is 1. The fourth-order valence-electron chi connectivity index (χ4n) is 3.03. The molecular weight excluding hydrogens is 378 g/mol. The lowest BCUT2D eigenvalue weighted by atomic mass is 10.0. The van der Waals surface area contributed by atoms with Crippen molar-refractivity contribution in [1.82, 2.24) is 0 Å². The molecule has 3 rings (SSSR count). The monoisotopic (exact) mass is 401 g/mol. The topological polar surface area (TPSA) is 83.4 Å². The van der Waals surface area contributed by atoms with E-state index in [-0.39, 0.29) is 5.91 Å². The number of methoxy groups -OCH3 is 2. The number of rotatable bonds is 7. The van der Waals surface area contributed by atoms with Crippen molar-refractivity contribution < 1.29 is 14.3 Å². The zero-order chi connectivity index (χ0) is 21.5. The number of ether oxygens (including phenoxy) is 2. The summed E-state index contributed by atoms with van der Waals surface area (Å²) >= 11 is 0. The molecule has 0 aliphatic heterocycles. The van der Waals surface area contributed by atoms with Crippen LogP contribution in [0.4, 0.5) is 11.4 Å². The van der Waals surface area contributed by atoms with Crippen molar-refractivity contribution in [3.63, 3.8) is 0 Å². The molecule has 1 amide bonds. The molecule has 0 bridgehead atoms. The van der Waals surface area contributed by atoms with E-state index in [0.717, 1.165) is 28.3 Å². The van der Waals surface area contributed by atoms with Gasteiger partial charge >= 0.3 is 0 Å². The second kappa shape index (κ2) is 9.48. The van der Waals surface area contributed by atoms with Crippen molar-refractivity contribution in [2.75, 3.05) is 24.9 Å². The van der Waals surface area contributed by atoms with Crippen LogP contribution < -0.4 is 20.1 Å². The van der Waals surface area contributed by atoms with Gasteiger partial charge in [-0.15, -0.1) is 0 Å². The Hall–Kier alpha value is -3.98. The number of hydrogen-bond acceptors (Lipinski definition) is 5. The van der Waals surface area contributed by atoms with E-state index in [9.17, 15) is 4.79 Å². The summed E-state index contributed by atoms with van der Waals surface area (Å²) < 4.78 is 10.7. The van der Waals surface area contributed by atoms with Crippen LogP contribution in [-0.2, 0) is 4.79 Å². The van der Waals surface area contributed by atoms with Crippen LogP contribution in [0.5, 0.6) is 11.5 Å². The molecule has 6 heteroatoms. The first-order valence-electron chi connectivity index (χ1n) is 9.44. The molecule has 6 nitrogen and oxygen atoms in total. The van der Waals surface area contributed by atoms with E-state index in [1.165, 1.54) is 0 Å². The molecule has 30 heavy (non-hydrogen) atoms. The smallest absolute Gasteiger partial charge is 0.246 e. The Morgan fingerprint density at radius 1 is 0.967 bits per heavy atom. The maximum absolute atomic E-state index is 12.6. The maximum Gasteiger partial charge on any atom is 0.246 e. The molecule has 0 fully saturated rings. The van der Waals surface area contributed by atoms with Crippen LogP contribution >= 0.6 is 0 Å². The van der Waals surface area contributed by atoms with Crippen molar-refractivity contribution in [2.24, 2.45) is 0 Å². The number of nitrogens with one attached hydrogen (secondary N) is 2. The Labute approximate surface area is 176 Å². The minimum atomic E-state index is -0.493. The van der Waals surface area contributed by atoms with Gasteiger partial charge in [0.05, 0.1) is 25.9 Å². The van der Waals surface area contributed by atoms with Gasteiger partial charge in [-0.25, -0.2) is 0 Å². The number of anilines is 2. The van der Waals surface area contributed by atoms with Crippen LogP contribution in [0.1, 0.15) is 12.5 Å². The third-order valence-corrected chi connectivity index (χ3v) is 4.64. The molecule has 3 aromatic rings. The number of nitrogens with zero attached hydrogens (tertiary/aromatic N) is 1. The van der Waals surface area contributed by atoms with E-state index in [4.69, 9.17) is 14.7 Å². The van der Waals surface area contributed by atoms with Gasteiger partial charge in [-0.1, -0.05) is 18.2 Å². The molecule has 0 heterocycles. The molecule has 0 aliphatic rings. The second-order valence-corrected chi connectivity index (χ2v) is 6.69. The van der Waals surface area contributed by atoms with E-state index in [2.05, 4.69) is 16.7 Å². The quantitative estimate of drug-likeness (QED) is 0.600. The van der Waals surface area contributed by atoms with E-state index in [0.29, 0.717) is 11.3 Å². The lowest BCUT2D eigenvalue weighted by molar-refractivity contribution is -0.116. The van der Waals surface area contributed by atoms with Crippen LogP contribution in [0.15, 0.2) is 66.7 Å². The van der Waals surface area contributed by atoms with E-state index in [1.54, 1.807) is 45.4 Å². The first-order chi connectivity index (χ1) is 14.5. The Bertz CT molecular complexity index is 1070. The highest BCUT2D eigenvalue weighted by atomic mass is 16.5. The van der Waals surface area contributed by atoms with Gasteiger partial charge in [-0.05, 0) is 61.0 Å². The zero-order valence-electron chi connectivity index (χ0n) is 17.1. The molecule has 0 saturated heterocycles. The van der Waals surface area contributed by atoms with Gasteiger partial charge in [0.1, 0.15) is 17.5 Å². The Morgan fingerprint density at radius 3 is 2.40 bits per heavy atom. The Kier molecular flexibility index (Phi) is 6.56. The lowest BCUT2D eigenvalue weighted by Gasteiger charge is -2.17. The minimum Gasteiger partial charge on any atom is -0.497 e. The minimum absolute atomic E-state index is 0.202. The maximum atomic E-state index is 12.6. The summed E-state index contributed by atoms with van der Waals surface area (Å²) in [6, 6.07) is 21.8. The predicted octanol–water partition coefficient (Wildman–Crippen LogP) is 4.68. The highest BCUT2D eigenvalue weighted by Gasteiger charge is 2.15. The summed E-state index contributed by atoms with van der Waals surface area (Å²) in [5.41, 5.74) is 3.74. The second-order valence-electron chi connectivity index (χ2n) is 6.69. The van der Waals surface area contributed by atoms with Crippen molar-refractivity contribution in [2.45, 2.75) is 13.0 Å². The Morgan fingerprint density at radius 2 is 1.73 bits per heavy atom. The van der Waals surface area contributed by atoms with Crippen molar-refractivity contribution in [3.05, 3.63) is 72.3 Å². The van der Waals surface area contributed by atoms with Gasteiger partial charge in [0, 0.05) is 16.9 Å². The number of amides is 1. The molecule has 0 saturated carbocycles. The standard InChI is InChI=1S/C24H23N3O3/c1-16(24(28)27-19-6-4-5-17(13-19)15-25)26-20-9-12-23(30-3)22(14-20)18-7-10-21(29-2)11-8-18/h4-14,16,26H,1-3H3,(H,27,28). The van der Waals surface area contributed by atoms with Gasteiger partial charge < -0.3 is 20.1 Å². The molecule has 0 radical (unpaired) electrons. The van der Waals surface area contributed by atoms with Gasteiger partial charge in [-0.2, -0.15) is 5.26 Å².